The lowest BCUT2D eigenvalue weighted by Crippen LogP contribution is -2.28. The van der Waals surface area contributed by atoms with Gasteiger partial charge in [0, 0.05) is 14.1 Å². The van der Waals surface area contributed by atoms with Crippen LogP contribution in [0.4, 0.5) is 14.0 Å². The third-order valence-electron chi connectivity index (χ3n) is 1.70. The van der Waals surface area contributed by atoms with Crippen molar-refractivity contribution >= 4 is 24.4 Å². The average molecular weight is 258 g/mol. The van der Waals surface area contributed by atoms with Gasteiger partial charge in [-0.2, -0.15) is 0 Å². The summed E-state index contributed by atoms with van der Waals surface area (Å²) < 4.78 is 18.9. The number of carbonyl (C=O) groups is 2. The first-order chi connectivity index (χ1) is 8.00. The first-order valence-corrected chi connectivity index (χ1v) is 5.35. The van der Waals surface area contributed by atoms with Crippen LogP contribution in [0.5, 0.6) is 5.75 Å². The minimum Gasteiger partial charge on any atom is -0.410 e. The van der Waals surface area contributed by atoms with E-state index in [0.717, 1.165) is 4.31 Å². The van der Waals surface area contributed by atoms with Gasteiger partial charge in [-0.15, -0.1) is 4.39 Å². The van der Waals surface area contributed by atoms with E-state index in [-0.39, 0.29) is 0 Å². The molecule has 2 amide bonds. The van der Waals surface area contributed by atoms with Gasteiger partial charge in [0.1, 0.15) is 5.75 Å². The van der Waals surface area contributed by atoms with Gasteiger partial charge >= 0.3 is 12.3 Å². The van der Waals surface area contributed by atoms with Crippen LogP contribution in [0.3, 0.4) is 0 Å². The van der Waals surface area contributed by atoms with Crippen LogP contribution >= 0.6 is 12.1 Å². The fourth-order valence-corrected chi connectivity index (χ4v) is 1.44. The van der Waals surface area contributed by atoms with E-state index in [1.807, 2.05) is 0 Å². The van der Waals surface area contributed by atoms with Gasteiger partial charge in [-0.1, -0.05) is 18.2 Å². The number of benzene rings is 1. The molecule has 0 radical (unpaired) electrons. The van der Waals surface area contributed by atoms with Gasteiger partial charge in [-0.25, -0.2) is 18.2 Å². The van der Waals surface area contributed by atoms with Crippen molar-refractivity contribution in [3.05, 3.63) is 30.3 Å². The lowest BCUT2D eigenvalue weighted by molar-refractivity contribution is 0.186. The molecule has 0 fully saturated rings. The monoisotopic (exact) mass is 258 g/mol. The zero-order valence-corrected chi connectivity index (χ0v) is 10.1. The molecule has 0 aromatic heterocycles. The number of halogens is 1. The smallest absolute Gasteiger partial charge is 0.410 e. The summed E-state index contributed by atoms with van der Waals surface area (Å²) in [6.07, 6.45) is -2.34. The van der Waals surface area contributed by atoms with Crippen molar-refractivity contribution in [3.63, 3.8) is 0 Å². The van der Waals surface area contributed by atoms with Crippen LogP contribution in [-0.2, 0) is 0 Å². The summed E-state index contributed by atoms with van der Waals surface area (Å²) in [6, 6.07) is 8.44. The molecule has 0 aliphatic carbocycles. The number of para-hydroxylation sites is 1. The van der Waals surface area contributed by atoms with Crippen LogP contribution < -0.4 is 4.74 Å². The minimum absolute atomic E-state index is 0.374. The molecule has 7 heteroatoms. The Morgan fingerprint density at radius 1 is 1.18 bits per heavy atom. The van der Waals surface area contributed by atoms with Crippen LogP contribution in [0.25, 0.3) is 0 Å². The molecule has 17 heavy (non-hydrogen) atoms. The molecule has 0 aliphatic heterocycles. The lowest BCUT2D eigenvalue weighted by Gasteiger charge is -2.19. The Bertz CT molecular complexity index is 402. The molecule has 0 N–H and O–H groups in total. The standard InChI is InChI=1S/C10H11FN2O3S/c1-12(9(11)14)17-13(2)10(15)16-8-6-4-3-5-7-8/h3-7H,1-2H3. The Morgan fingerprint density at radius 3 is 2.29 bits per heavy atom. The summed E-state index contributed by atoms with van der Waals surface area (Å²) in [7, 11) is 2.58. The predicted octanol–water partition coefficient (Wildman–Crippen LogP) is 2.70. The van der Waals surface area contributed by atoms with E-state index >= 15 is 0 Å². The van der Waals surface area contributed by atoms with Crippen LogP contribution in [0.2, 0.25) is 0 Å². The van der Waals surface area contributed by atoms with Crippen molar-refractivity contribution in [2.75, 3.05) is 14.1 Å². The van der Waals surface area contributed by atoms with E-state index in [2.05, 4.69) is 0 Å². The summed E-state index contributed by atoms with van der Waals surface area (Å²) >= 11 is 0.603. The molecule has 1 aromatic carbocycles. The Balaban J connectivity index is 2.50. The number of ether oxygens (including phenoxy) is 1. The van der Waals surface area contributed by atoms with Crippen molar-refractivity contribution in [1.82, 2.24) is 8.61 Å². The SMILES string of the molecule is CN(SN(C)C(=O)Oc1ccccc1)C(=O)F. The number of nitrogens with zero attached hydrogens (tertiary/aromatic N) is 2. The first kappa shape index (κ1) is 13.3. The zero-order valence-electron chi connectivity index (χ0n) is 9.29. The molecule has 0 saturated carbocycles. The molecule has 1 aromatic rings. The minimum atomic E-state index is -1.64. The molecule has 0 saturated heterocycles. The third-order valence-corrected chi connectivity index (χ3v) is 2.48. The van der Waals surface area contributed by atoms with Crippen molar-refractivity contribution < 1.29 is 18.7 Å². The quantitative estimate of drug-likeness (QED) is 0.475. The summed E-state index contributed by atoms with van der Waals surface area (Å²) in [5.74, 6) is 0.374. The Morgan fingerprint density at radius 2 is 1.76 bits per heavy atom. The number of carbonyl (C=O) groups excluding carboxylic acids is 2. The third kappa shape index (κ3) is 4.31. The second kappa shape index (κ2) is 6.09. The number of amides is 2. The molecule has 0 bridgehead atoms. The van der Waals surface area contributed by atoms with Gasteiger partial charge in [0.05, 0.1) is 12.1 Å². The summed E-state index contributed by atoms with van der Waals surface area (Å²) in [6.45, 7) is 0. The molecule has 0 heterocycles. The zero-order chi connectivity index (χ0) is 12.8. The topological polar surface area (TPSA) is 49.9 Å². The highest BCUT2D eigenvalue weighted by atomic mass is 32.2. The second-order valence-corrected chi connectivity index (χ2v) is 4.27. The average Bonchev–Trinajstić information content (AvgIpc) is 2.29. The highest BCUT2D eigenvalue weighted by Crippen LogP contribution is 2.16. The normalized spacial score (nSPS) is 9.59. The fourth-order valence-electron chi connectivity index (χ4n) is 0.903. The summed E-state index contributed by atoms with van der Waals surface area (Å²) in [4.78, 5) is 21.8. The van der Waals surface area contributed by atoms with E-state index in [4.69, 9.17) is 4.74 Å². The van der Waals surface area contributed by atoms with Crippen LogP contribution in [0.1, 0.15) is 0 Å². The summed E-state index contributed by atoms with van der Waals surface area (Å²) in [5, 5.41) is 0. The lowest BCUT2D eigenvalue weighted by atomic mass is 10.3. The maximum Gasteiger partial charge on any atom is 0.426 e. The maximum atomic E-state index is 12.2. The first-order valence-electron chi connectivity index (χ1n) is 4.62. The molecule has 5 nitrogen and oxygen atoms in total. The van der Waals surface area contributed by atoms with Crippen molar-refractivity contribution in [3.8, 4) is 5.75 Å². The van der Waals surface area contributed by atoms with Gasteiger partial charge in [-0.3, -0.25) is 0 Å². The second-order valence-electron chi connectivity index (χ2n) is 3.01. The van der Waals surface area contributed by atoms with Crippen molar-refractivity contribution in [2.45, 2.75) is 0 Å². The molecule has 0 atom stereocenters. The Labute approximate surface area is 102 Å². The van der Waals surface area contributed by atoms with Crippen LogP contribution in [0, 0.1) is 0 Å². The number of rotatable bonds is 3. The van der Waals surface area contributed by atoms with E-state index in [9.17, 15) is 14.0 Å². The van der Waals surface area contributed by atoms with Gasteiger partial charge in [0.15, 0.2) is 0 Å². The van der Waals surface area contributed by atoms with E-state index in [1.165, 1.54) is 14.1 Å². The highest BCUT2D eigenvalue weighted by molar-refractivity contribution is 7.95. The van der Waals surface area contributed by atoms with E-state index < -0.39 is 12.3 Å². The summed E-state index contributed by atoms with van der Waals surface area (Å²) in [5.41, 5.74) is 0. The molecular formula is C10H11FN2O3S. The van der Waals surface area contributed by atoms with Crippen molar-refractivity contribution in [2.24, 2.45) is 0 Å². The molecule has 1 rings (SSSR count). The molecule has 0 aliphatic rings. The largest absolute Gasteiger partial charge is 0.426 e. The fraction of sp³-hybridized carbons (Fsp3) is 0.200. The van der Waals surface area contributed by atoms with Crippen LogP contribution in [-0.4, -0.2) is 35.0 Å². The van der Waals surface area contributed by atoms with Gasteiger partial charge in [0.2, 0.25) is 0 Å². The molecular weight excluding hydrogens is 247 g/mol. The molecule has 0 spiro atoms. The molecule has 92 valence electrons. The Hall–Kier alpha value is -1.76. The van der Waals surface area contributed by atoms with E-state index in [0.29, 0.717) is 22.2 Å². The van der Waals surface area contributed by atoms with Crippen molar-refractivity contribution in [1.29, 1.82) is 0 Å². The predicted molar refractivity (Wildman–Crippen MR) is 62.1 cm³/mol. The maximum absolute atomic E-state index is 12.2. The Kier molecular flexibility index (Phi) is 4.77. The number of hydrogen-bond donors (Lipinski definition) is 0. The van der Waals surface area contributed by atoms with Crippen LogP contribution in [0.15, 0.2) is 30.3 Å². The highest BCUT2D eigenvalue weighted by Gasteiger charge is 2.17. The molecule has 0 unspecified atom stereocenters. The van der Waals surface area contributed by atoms with Gasteiger partial charge in [0.25, 0.3) is 0 Å². The van der Waals surface area contributed by atoms with Gasteiger partial charge in [-0.05, 0) is 12.1 Å². The number of hydrogen-bond acceptors (Lipinski definition) is 4. The van der Waals surface area contributed by atoms with E-state index in [1.54, 1.807) is 30.3 Å². The van der Waals surface area contributed by atoms with Gasteiger partial charge < -0.3 is 4.74 Å².